The Morgan fingerprint density at radius 2 is 2.41 bits per heavy atom. The lowest BCUT2D eigenvalue weighted by Gasteiger charge is -2.30. The van der Waals surface area contributed by atoms with Crippen molar-refractivity contribution in [3.05, 3.63) is 23.7 Å². The van der Waals surface area contributed by atoms with Gasteiger partial charge in [0.2, 0.25) is 11.7 Å². The fourth-order valence-corrected chi connectivity index (χ4v) is 2.20. The summed E-state index contributed by atoms with van der Waals surface area (Å²) in [7, 11) is 3.01. The van der Waals surface area contributed by atoms with Crippen molar-refractivity contribution in [3.8, 4) is 0 Å². The van der Waals surface area contributed by atoms with E-state index in [1.807, 2.05) is 0 Å². The summed E-state index contributed by atoms with van der Waals surface area (Å²) in [5, 5.41) is 11.9. The number of esters is 1. The molecule has 22 heavy (non-hydrogen) atoms. The zero-order chi connectivity index (χ0) is 15.5. The van der Waals surface area contributed by atoms with Gasteiger partial charge in [-0.25, -0.2) is 9.78 Å². The maximum Gasteiger partial charge on any atom is 0.360 e. The van der Waals surface area contributed by atoms with Crippen molar-refractivity contribution in [2.24, 2.45) is 7.05 Å². The second kappa shape index (κ2) is 6.20. The lowest BCUT2D eigenvalue weighted by Crippen LogP contribution is -2.38. The van der Waals surface area contributed by atoms with Gasteiger partial charge in [-0.2, -0.15) is 4.80 Å². The predicted octanol–water partition coefficient (Wildman–Crippen LogP) is -0.442. The van der Waals surface area contributed by atoms with Gasteiger partial charge < -0.3 is 13.9 Å². The van der Waals surface area contributed by atoms with Crippen LogP contribution >= 0.6 is 0 Å². The molecule has 3 heterocycles. The smallest absolute Gasteiger partial charge is 0.360 e. The van der Waals surface area contributed by atoms with Crippen LogP contribution in [0.25, 0.3) is 0 Å². The van der Waals surface area contributed by atoms with Crippen molar-refractivity contribution >= 4 is 5.97 Å². The monoisotopic (exact) mass is 308 g/mol. The number of carbonyl (C=O) groups is 1. The molecule has 0 aliphatic carbocycles. The Morgan fingerprint density at radius 1 is 1.55 bits per heavy atom. The second-order valence-electron chi connectivity index (χ2n) is 4.85. The highest BCUT2D eigenvalue weighted by Crippen LogP contribution is 2.19. The number of nitrogens with zero attached hydrogens (tertiary/aromatic N) is 6. The zero-order valence-electron chi connectivity index (χ0n) is 12.3. The maximum absolute atomic E-state index is 11.4. The summed E-state index contributed by atoms with van der Waals surface area (Å²) in [6.45, 7) is 2.35. The van der Waals surface area contributed by atoms with Gasteiger partial charge >= 0.3 is 5.97 Å². The molecular weight excluding hydrogens is 292 g/mol. The van der Waals surface area contributed by atoms with E-state index in [4.69, 9.17) is 9.15 Å². The van der Waals surface area contributed by atoms with Crippen LogP contribution in [0.1, 0.15) is 28.3 Å². The molecule has 0 amide bonds. The SMILES string of the molecule is COC(=O)c1coc(CN2CCOC(c3nnn(C)n3)C2)n1. The molecule has 10 nitrogen and oxygen atoms in total. The zero-order valence-corrected chi connectivity index (χ0v) is 12.3. The Bertz CT molecular complexity index is 654. The minimum Gasteiger partial charge on any atom is -0.464 e. The van der Waals surface area contributed by atoms with E-state index in [-0.39, 0.29) is 11.8 Å². The number of rotatable bonds is 4. The highest BCUT2D eigenvalue weighted by atomic mass is 16.5. The first-order valence-corrected chi connectivity index (χ1v) is 6.76. The van der Waals surface area contributed by atoms with Gasteiger partial charge in [-0.15, -0.1) is 10.2 Å². The molecule has 2 aromatic rings. The van der Waals surface area contributed by atoms with Crippen LogP contribution in [0.5, 0.6) is 0 Å². The molecule has 1 aliphatic rings. The molecule has 1 unspecified atom stereocenters. The van der Waals surface area contributed by atoms with E-state index in [1.54, 1.807) is 7.05 Å². The van der Waals surface area contributed by atoms with E-state index in [1.165, 1.54) is 18.2 Å². The number of methoxy groups -OCH3 is 1. The molecule has 118 valence electrons. The fraction of sp³-hybridized carbons (Fsp3) is 0.583. The normalized spacial score (nSPS) is 19.3. The van der Waals surface area contributed by atoms with Gasteiger partial charge in [-0.3, -0.25) is 4.90 Å². The minimum absolute atomic E-state index is 0.165. The van der Waals surface area contributed by atoms with Crippen LogP contribution in [-0.2, 0) is 23.1 Å². The van der Waals surface area contributed by atoms with E-state index in [2.05, 4.69) is 30.0 Å². The number of tetrazole rings is 1. The van der Waals surface area contributed by atoms with Crippen LogP contribution in [0.2, 0.25) is 0 Å². The van der Waals surface area contributed by atoms with Crippen LogP contribution in [0.15, 0.2) is 10.7 Å². The van der Waals surface area contributed by atoms with Crippen molar-refractivity contribution in [2.45, 2.75) is 12.6 Å². The van der Waals surface area contributed by atoms with E-state index < -0.39 is 5.97 Å². The summed E-state index contributed by atoms with van der Waals surface area (Å²) in [4.78, 5) is 19.0. The van der Waals surface area contributed by atoms with Gasteiger partial charge in [-0.1, -0.05) is 0 Å². The van der Waals surface area contributed by atoms with Crippen molar-refractivity contribution in [2.75, 3.05) is 26.8 Å². The highest BCUT2D eigenvalue weighted by Gasteiger charge is 2.26. The van der Waals surface area contributed by atoms with Gasteiger partial charge in [0.1, 0.15) is 12.4 Å². The number of hydrogen-bond acceptors (Lipinski definition) is 9. The maximum atomic E-state index is 11.4. The Labute approximate surface area is 126 Å². The minimum atomic E-state index is -0.515. The molecule has 0 radical (unpaired) electrons. The largest absolute Gasteiger partial charge is 0.464 e. The van der Waals surface area contributed by atoms with E-state index >= 15 is 0 Å². The van der Waals surface area contributed by atoms with Crippen LogP contribution < -0.4 is 0 Å². The van der Waals surface area contributed by atoms with Crippen molar-refractivity contribution in [1.29, 1.82) is 0 Å². The molecular formula is C12H16N6O4. The molecule has 0 N–H and O–H groups in total. The Balaban J connectivity index is 1.63. The number of ether oxygens (including phenoxy) is 2. The third-order valence-corrected chi connectivity index (χ3v) is 3.27. The average molecular weight is 308 g/mol. The fourth-order valence-electron chi connectivity index (χ4n) is 2.20. The van der Waals surface area contributed by atoms with Crippen molar-refractivity contribution in [1.82, 2.24) is 30.1 Å². The van der Waals surface area contributed by atoms with Gasteiger partial charge in [0.05, 0.1) is 27.3 Å². The van der Waals surface area contributed by atoms with Crippen molar-refractivity contribution < 1.29 is 18.7 Å². The first-order valence-electron chi connectivity index (χ1n) is 6.76. The summed E-state index contributed by atoms with van der Waals surface area (Å²) in [5.41, 5.74) is 0.165. The molecule has 10 heteroatoms. The third-order valence-electron chi connectivity index (χ3n) is 3.27. The lowest BCUT2D eigenvalue weighted by atomic mass is 10.2. The lowest BCUT2D eigenvalue weighted by molar-refractivity contribution is -0.0395. The topological polar surface area (TPSA) is 108 Å². The number of aromatic nitrogens is 5. The van der Waals surface area contributed by atoms with Gasteiger partial charge in [0.15, 0.2) is 5.69 Å². The molecule has 3 rings (SSSR count). The number of hydrogen-bond donors (Lipinski definition) is 0. The highest BCUT2D eigenvalue weighted by molar-refractivity contribution is 5.86. The summed E-state index contributed by atoms with van der Waals surface area (Å²) in [6.07, 6.45) is 1.06. The Kier molecular flexibility index (Phi) is 4.11. The molecule has 1 aliphatic heterocycles. The molecule has 0 spiro atoms. The molecule has 1 fully saturated rings. The molecule has 0 bridgehead atoms. The third kappa shape index (κ3) is 3.12. The number of oxazole rings is 1. The molecule has 1 saturated heterocycles. The first kappa shape index (κ1) is 14.6. The van der Waals surface area contributed by atoms with Crippen LogP contribution in [0.3, 0.4) is 0 Å². The first-order chi connectivity index (χ1) is 10.7. The number of aryl methyl sites for hydroxylation is 1. The van der Waals surface area contributed by atoms with E-state index in [9.17, 15) is 4.79 Å². The Morgan fingerprint density at radius 3 is 3.14 bits per heavy atom. The second-order valence-corrected chi connectivity index (χ2v) is 4.85. The Hall–Kier alpha value is -2.33. The van der Waals surface area contributed by atoms with E-state index in [0.29, 0.717) is 31.4 Å². The van der Waals surface area contributed by atoms with E-state index in [0.717, 1.165) is 6.54 Å². The summed E-state index contributed by atoms with van der Waals surface area (Å²) < 4.78 is 15.6. The average Bonchev–Trinajstić information content (AvgIpc) is 3.16. The molecule has 0 aromatic carbocycles. The summed E-state index contributed by atoms with van der Waals surface area (Å²) in [5.74, 6) is 0.488. The van der Waals surface area contributed by atoms with Crippen LogP contribution in [-0.4, -0.2) is 62.9 Å². The van der Waals surface area contributed by atoms with Crippen LogP contribution in [0.4, 0.5) is 0 Å². The van der Waals surface area contributed by atoms with Gasteiger partial charge in [-0.05, 0) is 5.21 Å². The standard InChI is InChI=1S/C12H16N6O4/c1-17-15-11(14-16-17)9-5-18(3-4-21-9)6-10-13-8(7-22-10)12(19)20-2/h7,9H,3-6H2,1-2H3. The van der Waals surface area contributed by atoms with Crippen molar-refractivity contribution in [3.63, 3.8) is 0 Å². The summed E-state index contributed by atoms with van der Waals surface area (Å²) in [6, 6.07) is 0. The quantitative estimate of drug-likeness (QED) is 0.694. The van der Waals surface area contributed by atoms with Crippen LogP contribution in [0, 0.1) is 0 Å². The van der Waals surface area contributed by atoms with Gasteiger partial charge in [0, 0.05) is 13.1 Å². The molecule has 1 atom stereocenters. The molecule has 0 saturated carbocycles. The number of morpholine rings is 1. The number of carbonyl (C=O) groups excluding carboxylic acids is 1. The predicted molar refractivity (Wildman–Crippen MR) is 70.6 cm³/mol. The summed E-state index contributed by atoms with van der Waals surface area (Å²) >= 11 is 0. The van der Waals surface area contributed by atoms with Gasteiger partial charge in [0.25, 0.3) is 0 Å². The molecule has 2 aromatic heterocycles.